The maximum atomic E-state index is 14.8. The van der Waals surface area contributed by atoms with E-state index in [0.717, 1.165) is 12.1 Å². The number of nitrogens with zero attached hydrogens (tertiary/aromatic N) is 5. The zero-order valence-electron chi connectivity index (χ0n) is 28.0. The van der Waals surface area contributed by atoms with Gasteiger partial charge in [-0.15, -0.1) is 0 Å². The molecule has 45 heavy (non-hydrogen) atoms. The fourth-order valence-corrected chi connectivity index (χ4v) is 4.69. The number of aromatic nitrogens is 4. The van der Waals surface area contributed by atoms with Gasteiger partial charge in [0.2, 0.25) is 5.88 Å². The van der Waals surface area contributed by atoms with Crippen molar-refractivity contribution in [2.75, 3.05) is 11.5 Å². The number of rotatable bonds is 9. The molecule has 2 amide bonds. The molecule has 1 aliphatic carbocycles. The number of alkyl carbamates (subject to hydrolysis) is 1. The first-order valence-corrected chi connectivity index (χ1v) is 15.2. The summed E-state index contributed by atoms with van der Waals surface area (Å²) >= 11 is 0. The number of hydrogen-bond acceptors (Lipinski definition) is 9. The molecule has 1 aliphatic rings. The van der Waals surface area contributed by atoms with Gasteiger partial charge < -0.3 is 24.6 Å². The number of aliphatic hydroxyl groups is 1. The highest BCUT2D eigenvalue weighted by Gasteiger charge is 2.39. The van der Waals surface area contributed by atoms with Crippen molar-refractivity contribution in [3.05, 3.63) is 24.2 Å². The number of hydrogen-bond donors (Lipinski definition) is 2. The Labute approximate surface area is 263 Å². The van der Waals surface area contributed by atoms with Crippen molar-refractivity contribution in [2.45, 2.75) is 136 Å². The van der Waals surface area contributed by atoms with E-state index in [2.05, 4.69) is 15.3 Å². The molecule has 1 saturated carbocycles. The van der Waals surface area contributed by atoms with E-state index in [1.165, 1.54) is 24.2 Å². The topological polar surface area (TPSA) is 141 Å². The van der Waals surface area contributed by atoms with Gasteiger partial charge in [-0.2, -0.15) is 10.1 Å². The van der Waals surface area contributed by atoms with Gasteiger partial charge in [-0.1, -0.05) is 0 Å². The van der Waals surface area contributed by atoms with Gasteiger partial charge in [0.1, 0.15) is 17.0 Å². The summed E-state index contributed by atoms with van der Waals surface area (Å²) in [6, 6.07) is 0.260. The molecule has 0 bridgehead atoms. The van der Waals surface area contributed by atoms with E-state index < -0.39 is 60.0 Å². The monoisotopic (exact) mass is 638 g/mol. The average Bonchev–Trinajstić information content (AvgIpc) is 3.48. The van der Waals surface area contributed by atoms with Gasteiger partial charge in [0.25, 0.3) is 5.92 Å². The maximum absolute atomic E-state index is 14.8. The molecule has 0 radical (unpaired) electrons. The molecular formula is C31H48F2N6O6. The fourth-order valence-electron chi connectivity index (χ4n) is 4.69. The van der Waals surface area contributed by atoms with Gasteiger partial charge in [-0.05, 0) is 88.5 Å². The average molecular weight is 639 g/mol. The number of alkyl halides is 2. The molecule has 252 valence electrons. The Morgan fingerprint density at radius 3 is 2.27 bits per heavy atom. The largest absolute Gasteiger partial charge is 0.476 e. The SMILES string of the molecule is C[C@H](NC(=O)OC(C)(C)C)C(F)(F)CCOc1cncc(N(C(=O)OC(C)(C)C)c2cc([C@H]3CC[C@@H](O)C3)nn2C(C)(C)C)n1. The standard InChI is InChI=1S/C31H48F2N6O6/c1-19(35-26(41)44-29(5,6)7)31(32,33)13-14-43-24-18-34-17-23(36-24)38(27(42)45-30(8,9)10)25-16-22(20-11-12-21(40)15-20)37-39(25)28(2,3)4/h16-21,40H,11-15H2,1-10H3,(H,35,41)/t19-,20-,21+/m0/s1. The van der Waals surface area contributed by atoms with Crippen LogP contribution in [0.2, 0.25) is 0 Å². The molecule has 3 rings (SSSR count). The van der Waals surface area contributed by atoms with Gasteiger partial charge in [-0.3, -0.25) is 4.98 Å². The molecule has 2 aromatic rings. The van der Waals surface area contributed by atoms with E-state index >= 15 is 0 Å². The molecule has 0 spiro atoms. The lowest BCUT2D eigenvalue weighted by Gasteiger charge is -2.30. The molecular weight excluding hydrogens is 590 g/mol. The van der Waals surface area contributed by atoms with Crippen LogP contribution in [0.25, 0.3) is 0 Å². The van der Waals surface area contributed by atoms with Crippen LogP contribution in [0.15, 0.2) is 18.5 Å². The van der Waals surface area contributed by atoms with Gasteiger partial charge in [0, 0.05) is 18.4 Å². The Hall–Kier alpha value is -3.55. The smallest absolute Gasteiger partial charge is 0.421 e. The number of halogens is 2. The highest BCUT2D eigenvalue weighted by atomic mass is 19.3. The first-order chi connectivity index (χ1) is 20.6. The maximum Gasteiger partial charge on any atom is 0.421 e. The van der Waals surface area contributed by atoms with Gasteiger partial charge in [-0.25, -0.2) is 28.0 Å². The van der Waals surface area contributed by atoms with Gasteiger partial charge >= 0.3 is 12.2 Å². The summed E-state index contributed by atoms with van der Waals surface area (Å²) in [6.45, 7) is 16.7. The lowest BCUT2D eigenvalue weighted by Crippen LogP contribution is -2.47. The minimum Gasteiger partial charge on any atom is -0.476 e. The fraction of sp³-hybridized carbons (Fsp3) is 0.710. The first-order valence-electron chi connectivity index (χ1n) is 15.2. The van der Waals surface area contributed by atoms with Crippen LogP contribution in [-0.4, -0.2) is 72.9 Å². The van der Waals surface area contributed by atoms with E-state index in [4.69, 9.17) is 19.3 Å². The molecule has 0 saturated heterocycles. The van der Waals surface area contributed by atoms with E-state index in [1.807, 2.05) is 20.8 Å². The molecule has 2 aromatic heterocycles. The van der Waals surface area contributed by atoms with Crippen LogP contribution in [-0.2, 0) is 15.0 Å². The number of aliphatic hydroxyl groups excluding tert-OH is 1. The van der Waals surface area contributed by atoms with Crippen molar-refractivity contribution < 1.29 is 37.7 Å². The van der Waals surface area contributed by atoms with Crippen molar-refractivity contribution >= 4 is 23.8 Å². The van der Waals surface area contributed by atoms with Crippen LogP contribution >= 0.6 is 0 Å². The van der Waals surface area contributed by atoms with Crippen LogP contribution in [0.1, 0.15) is 107 Å². The molecule has 0 unspecified atom stereocenters. The van der Waals surface area contributed by atoms with E-state index in [-0.39, 0.29) is 17.6 Å². The van der Waals surface area contributed by atoms with Crippen molar-refractivity contribution in [3.8, 4) is 5.88 Å². The minimum atomic E-state index is -3.33. The lowest BCUT2D eigenvalue weighted by molar-refractivity contribution is -0.0505. The number of ether oxygens (including phenoxy) is 3. The highest BCUT2D eigenvalue weighted by Crippen LogP contribution is 2.39. The zero-order chi connectivity index (χ0) is 34.0. The quantitative estimate of drug-likeness (QED) is 0.317. The van der Waals surface area contributed by atoms with Crippen molar-refractivity contribution in [1.29, 1.82) is 0 Å². The number of carbonyl (C=O) groups is 2. The summed E-state index contributed by atoms with van der Waals surface area (Å²) in [5, 5.41) is 17.1. The third kappa shape index (κ3) is 10.2. The van der Waals surface area contributed by atoms with E-state index in [1.54, 1.807) is 52.3 Å². The number of amides is 2. The van der Waals surface area contributed by atoms with Gasteiger partial charge in [0.05, 0.1) is 42.4 Å². The van der Waals surface area contributed by atoms with Crippen LogP contribution < -0.4 is 15.0 Å². The Morgan fingerprint density at radius 2 is 1.71 bits per heavy atom. The molecule has 0 aliphatic heterocycles. The van der Waals surface area contributed by atoms with E-state index in [9.17, 15) is 23.5 Å². The second kappa shape index (κ2) is 13.4. The van der Waals surface area contributed by atoms with Crippen LogP contribution in [0.4, 0.5) is 30.0 Å². The predicted octanol–water partition coefficient (Wildman–Crippen LogP) is 6.45. The van der Waals surface area contributed by atoms with Crippen molar-refractivity contribution in [1.82, 2.24) is 25.1 Å². The Balaban J connectivity index is 1.87. The molecule has 2 N–H and O–H groups in total. The Bertz CT molecular complexity index is 1330. The summed E-state index contributed by atoms with van der Waals surface area (Å²) in [5.74, 6) is -3.00. The van der Waals surface area contributed by atoms with Crippen LogP contribution in [0.5, 0.6) is 5.88 Å². The highest BCUT2D eigenvalue weighted by molar-refractivity contribution is 5.94. The summed E-state index contributed by atoms with van der Waals surface area (Å²) in [5.41, 5.74) is -1.52. The molecule has 0 aromatic carbocycles. The molecule has 1 fully saturated rings. The minimum absolute atomic E-state index is 0.0115. The lowest BCUT2D eigenvalue weighted by atomic mass is 10.0. The van der Waals surface area contributed by atoms with E-state index in [0.29, 0.717) is 18.7 Å². The van der Waals surface area contributed by atoms with Crippen LogP contribution in [0, 0.1) is 0 Å². The van der Waals surface area contributed by atoms with Gasteiger partial charge in [0.15, 0.2) is 5.82 Å². The number of anilines is 2. The summed E-state index contributed by atoms with van der Waals surface area (Å²) in [4.78, 5) is 35.5. The second-order valence-electron chi connectivity index (χ2n) is 14.4. The normalized spacial score (nSPS) is 18.3. The summed E-state index contributed by atoms with van der Waals surface area (Å²) in [6.07, 6.45) is 1.74. The first kappa shape index (κ1) is 35.9. The zero-order valence-corrected chi connectivity index (χ0v) is 28.0. The van der Waals surface area contributed by atoms with Crippen molar-refractivity contribution in [2.24, 2.45) is 0 Å². The third-order valence-electron chi connectivity index (χ3n) is 6.85. The Kier molecular flexibility index (Phi) is 10.7. The second-order valence-corrected chi connectivity index (χ2v) is 14.4. The number of carbonyl (C=O) groups excluding carboxylic acids is 2. The number of nitrogens with one attached hydrogen (secondary N) is 1. The molecule has 14 heteroatoms. The molecule has 2 heterocycles. The molecule has 3 atom stereocenters. The predicted molar refractivity (Wildman–Crippen MR) is 164 cm³/mol. The van der Waals surface area contributed by atoms with Crippen molar-refractivity contribution in [3.63, 3.8) is 0 Å². The summed E-state index contributed by atoms with van der Waals surface area (Å²) in [7, 11) is 0. The summed E-state index contributed by atoms with van der Waals surface area (Å²) < 4.78 is 47.7. The Morgan fingerprint density at radius 1 is 1.07 bits per heavy atom. The third-order valence-corrected chi connectivity index (χ3v) is 6.85. The van der Waals surface area contributed by atoms with Crippen LogP contribution in [0.3, 0.4) is 0 Å². The molecule has 12 nitrogen and oxygen atoms in total.